The smallest absolute Gasteiger partial charge is 0.324 e. The first-order chi connectivity index (χ1) is 14.0. The van der Waals surface area contributed by atoms with E-state index >= 15 is 0 Å². The van der Waals surface area contributed by atoms with Crippen LogP contribution in [0, 0.1) is 5.82 Å². The largest absolute Gasteiger partial charge is 0.497 e. The first kappa shape index (κ1) is 19.8. The second-order valence-electron chi connectivity index (χ2n) is 6.02. The Morgan fingerprint density at radius 1 is 1.00 bits per heavy atom. The molecule has 0 aliphatic heterocycles. The van der Waals surface area contributed by atoms with Crippen molar-refractivity contribution in [3.05, 3.63) is 83.8 Å². The highest BCUT2D eigenvalue weighted by molar-refractivity contribution is 6.05. The molecule has 0 bridgehead atoms. The fourth-order valence-electron chi connectivity index (χ4n) is 2.51. The van der Waals surface area contributed by atoms with Gasteiger partial charge >= 0.3 is 6.03 Å². The number of hydrogen-bond acceptors (Lipinski definition) is 4. The van der Waals surface area contributed by atoms with Crippen LogP contribution in [0.2, 0.25) is 0 Å². The van der Waals surface area contributed by atoms with E-state index in [1.54, 1.807) is 55.6 Å². The lowest BCUT2D eigenvalue weighted by molar-refractivity contribution is 0.0951. The minimum absolute atomic E-state index is 0.120. The minimum Gasteiger partial charge on any atom is -0.497 e. The average molecular weight is 394 g/mol. The Bertz CT molecular complexity index is 992. The molecule has 1 heterocycles. The number of nitrogens with one attached hydrogen (secondary N) is 3. The van der Waals surface area contributed by atoms with E-state index in [1.807, 2.05) is 0 Å². The topological polar surface area (TPSA) is 92.3 Å². The summed E-state index contributed by atoms with van der Waals surface area (Å²) in [7, 11) is 1.55. The van der Waals surface area contributed by atoms with Crippen molar-refractivity contribution in [3.63, 3.8) is 0 Å². The van der Waals surface area contributed by atoms with Crippen LogP contribution in [0.4, 0.5) is 20.7 Å². The number of aromatic nitrogens is 1. The van der Waals surface area contributed by atoms with Crippen molar-refractivity contribution < 1.29 is 18.7 Å². The summed E-state index contributed by atoms with van der Waals surface area (Å²) in [5.41, 5.74) is 1.51. The zero-order valence-corrected chi connectivity index (χ0v) is 15.6. The normalized spacial score (nSPS) is 10.1. The first-order valence-corrected chi connectivity index (χ1v) is 8.75. The number of anilines is 2. The van der Waals surface area contributed by atoms with Gasteiger partial charge in [-0.1, -0.05) is 12.1 Å². The van der Waals surface area contributed by atoms with Crippen molar-refractivity contribution in [1.82, 2.24) is 10.3 Å². The van der Waals surface area contributed by atoms with E-state index < -0.39 is 11.9 Å². The van der Waals surface area contributed by atoms with E-state index in [2.05, 4.69) is 20.9 Å². The van der Waals surface area contributed by atoms with Crippen molar-refractivity contribution >= 4 is 23.4 Å². The monoisotopic (exact) mass is 394 g/mol. The van der Waals surface area contributed by atoms with Gasteiger partial charge in [-0.25, -0.2) is 14.2 Å². The lowest BCUT2D eigenvalue weighted by Crippen LogP contribution is -2.26. The maximum atomic E-state index is 13.0. The molecule has 7 nitrogen and oxygen atoms in total. The number of hydrogen-bond donors (Lipinski definition) is 3. The van der Waals surface area contributed by atoms with Crippen molar-refractivity contribution in [3.8, 4) is 5.75 Å². The van der Waals surface area contributed by atoms with Gasteiger partial charge in [0.1, 0.15) is 17.4 Å². The third kappa shape index (κ3) is 5.52. The van der Waals surface area contributed by atoms with Gasteiger partial charge in [0, 0.05) is 18.4 Å². The molecule has 3 N–H and O–H groups in total. The molecule has 0 radical (unpaired) electrons. The molecule has 0 atom stereocenters. The van der Waals surface area contributed by atoms with E-state index in [-0.39, 0.29) is 23.7 Å². The van der Waals surface area contributed by atoms with Crippen LogP contribution in [0.5, 0.6) is 5.75 Å². The van der Waals surface area contributed by atoms with Gasteiger partial charge in [-0.3, -0.25) is 10.1 Å². The summed E-state index contributed by atoms with van der Waals surface area (Å²) >= 11 is 0. The number of ether oxygens (including phenoxy) is 1. The van der Waals surface area contributed by atoms with Crippen LogP contribution in [0.25, 0.3) is 0 Å². The lowest BCUT2D eigenvalue weighted by Gasteiger charge is -2.11. The van der Waals surface area contributed by atoms with Gasteiger partial charge in [-0.05, 0) is 54.1 Å². The van der Waals surface area contributed by atoms with E-state index in [0.29, 0.717) is 11.4 Å². The van der Waals surface area contributed by atoms with Crippen molar-refractivity contribution in [2.75, 3.05) is 17.7 Å². The highest BCUT2D eigenvalue weighted by atomic mass is 19.1. The molecule has 0 aliphatic rings. The van der Waals surface area contributed by atoms with Crippen LogP contribution in [-0.2, 0) is 6.54 Å². The number of carbonyl (C=O) groups excluding carboxylic acids is 2. The molecule has 0 aliphatic carbocycles. The highest BCUT2D eigenvalue weighted by Crippen LogP contribution is 2.16. The molecule has 0 spiro atoms. The summed E-state index contributed by atoms with van der Waals surface area (Å²) in [5.74, 6) is 0.0276. The fraction of sp³-hybridized carbons (Fsp3) is 0.0952. The quantitative estimate of drug-likeness (QED) is 0.593. The van der Waals surface area contributed by atoms with Crippen LogP contribution in [0.15, 0.2) is 66.9 Å². The van der Waals surface area contributed by atoms with E-state index in [9.17, 15) is 14.0 Å². The maximum Gasteiger partial charge on any atom is 0.324 e. The zero-order valence-electron chi connectivity index (χ0n) is 15.6. The van der Waals surface area contributed by atoms with Gasteiger partial charge < -0.3 is 15.4 Å². The summed E-state index contributed by atoms with van der Waals surface area (Å²) in [6.45, 7) is 0.214. The molecular weight excluding hydrogens is 375 g/mol. The molecule has 3 aromatic rings. The van der Waals surface area contributed by atoms with Crippen molar-refractivity contribution in [2.24, 2.45) is 0 Å². The third-order valence-electron chi connectivity index (χ3n) is 4.00. The average Bonchev–Trinajstić information content (AvgIpc) is 2.74. The van der Waals surface area contributed by atoms with E-state index in [4.69, 9.17) is 4.74 Å². The first-order valence-electron chi connectivity index (χ1n) is 8.75. The van der Waals surface area contributed by atoms with Gasteiger partial charge in [0.05, 0.1) is 12.7 Å². The highest BCUT2D eigenvalue weighted by Gasteiger charge is 2.14. The van der Waals surface area contributed by atoms with E-state index in [1.165, 1.54) is 18.3 Å². The number of halogens is 1. The van der Waals surface area contributed by atoms with Gasteiger partial charge in [-0.2, -0.15) is 0 Å². The van der Waals surface area contributed by atoms with Crippen LogP contribution < -0.4 is 20.7 Å². The fourth-order valence-corrected chi connectivity index (χ4v) is 2.51. The number of nitrogens with zero attached hydrogens (tertiary/aromatic N) is 1. The number of benzene rings is 2. The Labute approximate surface area is 166 Å². The van der Waals surface area contributed by atoms with Gasteiger partial charge in [0.25, 0.3) is 5.91 Å². The predicted octanol–water partition coefficient (Wildman–Crippen LogP) is 3.80. The molecule has 3 rings (SSSR count). The number of carbonyl (C=O) groups is 2. The van der Waals surface area contributed by atoms with Crippen LogP contribution in [0.3, 0.4) is 0 Å². The number of rotatable bonds is 6. The lowest BCUT2D eigenvalue weighted by atomic mass is 10.2. The zero-order chi connectivity index (χ0) is 20.6. The Morgan fingerprint density at radius 2 is 1.72 bits per heavy atom. The van der Waals surface area contributed by atoms with Crippen LogP contribution in [0.1, 0.15) is 15.9 Å². The molecule has 2 aromatic carbocycles. The molecule has 0 saturated heterocycles. The summed E-state index contributed by atoms with van der Waals surface area (Å²) in [4.78, 5) is 28.8. The Morgan fingerprint density at radius 3 is 2.41 bits per heavy atom. The molecular formula is C21H19FN4O3. The Balaban J connectivity index is 1.63. The number of urea groups is 1. The molecule has 3 amide bonds. The Kier molecular flexibility index (Phi) is 6.36. The van der Waals surface area contributed by atoms with Crippen molar-refractivity contribution in [2.45, 2.75) is 6.54 Å². The third-order valence-corrected chi connectivity index (χ3v) is 4.00. The molecule has 148 valence electrons. The number of methoxy groups -OCH3 is 1. The maximum absolute atomic E-state index is 13.0. The number of pyridine rings is 1. The summed E-state index contributed by atoms with van der Waals surface area (Å²) in [5, 5.41) is 7.95. The molecule has 1 aromatic heterocycles. The molecule has 0 fully saturated rings. The van der Waals surface area contributed by atoms with Crippen LogP contribution >= 0.6 is 0 Å². The summed E-state index contributed by atoms with van der Waals surface area (Å²) in [6.07, 6.45) is 1.47. The second kappa shape index (κ2) is 9.32. The second-order valence-corrected chi connectivity index (χ2v) is 6.02. The van der Waals surface area contributed by atoms with Gasteiger partial charge in [0.15, 0.2) is 0 Å². The molecule has 8 heteroatoms. The Hall–Kier alpha value is -3.94. The SMILES string of the molecule is COc1ccc(NC(=O)Nc2ncccc2C(=O)NCc2ccc(F)cc2)cc1. The summed E-state index contributed by atoms with van der Waals surface area (Å²) in [6, 6.07) is 15.2. The predicted molar refractivity (Wildman–Crippen MR) is 107 cm³/mol. The van der Waals surface area contributed by atoms with E-state index in [0.717, 1.165) is 5.56 Å². The van der Waals surface area contributed by atoms with Gasteiger partial charge in [0.2, 0.25) is 0 Å². The number of amides is 3. The van der Waals surface area contributed by atoms with Gasteiger partial charge in [-0.15, -0.1) is 0 Å². The van der Waals surface area contributed by atoms with Crippen molar-refractivity contribution in [1.29, 1.82) is 0 Å². The standard InChI is InChI=1S/C21H19FN4O3/c1-29-17-10-8-16(9-11-17)25-21(28)26-19-18(3-2-12-23-19)20(27)24-13-14-4-6-15(22)7-5-14/h2-12H,13H2,1H3,(H,24,27)(H2,23,25,26,28). The summed E-state index contributed by atoms with van der Waals surface area (Å²) < 4.78 is 18.0. The minimum atomic E-state index is -0.540. The van der Waals surface area contributed by atoms with Crippen LogP contribution in [-0.4, -0.2) is 24.0 Å². The molecule has 0 unspecified atom stereocenters. The molecule has 0 saturated carbocycles. The molecule has 29 heavy (non-hydrogen) atoms.